The summed E-state index contributed by atoms with van der Waals surface area (Å²) in [6.45, 7) is 1.86. The highest BCUT2D eigenvalue weighted by molar-refractivity contribution is 7.92. The topological polar surface area (TPSA) is 117 Å². The normalized spacial score (nSPS) is 11.5. The molecule has 1 heterocycles. The minimum absolute atomic E-state index is 0.0924. The molecule has 3 N–H and O–H groups in total. The fourth-order valence-electron chi connectivity index (χ4n) is 2.50. The molecule has 2 aromatic carbocycles. The van der Waals surface area contributed by atoms with Crippen molar-refractivity contribution in [1.82, 2.24) is 4.98 Å². The molecule has 29 heavy (non-hydrogen) atoms. The van der Waals surface area contributed by atoms with Gasteiger partial charge in [-0.3, -0.25) is 4.72 Å². The molecule has 148 valence electrons. The lowest BCUT2D eigenvalue weighted by molar-refractivity contribution is 0.0693. The first-order valence-electron chi connectivity index (χ1n) is 8.54. The Balaban J connectivity index is 1.76. The van der Waals surface area contributed by atoms with Crippen LogP contribution in [0.2, 0.25) is 0 Å². The van der Waals surface area contributed by atoms with Gasteiger partial charge in [-0.15, -0.1) is 0 Å². The second-order valence-electron chi connectivity index (χ2n) is 6.31. The number of aromatic nitrogens is 1. The summed E-state index contributed by atoms with van der Waals surface area (Å²) in [5, 5.41) is 18.6. The number of pyridine rings is 1. The quantitative estimate of drug-likeness (QED) is 0.533. The fraction of sp³-hybridized carbons (Fsp3) is 0.0476. The van der Waals surface area contributed by atoms with E-state index in [1.807, 2.05) is 6.92 Å². The number of carboxylic acid groups (broad SMARTS) is 1. The van der Waals surface area contributed by atoms with Gasteiger partial charge in [-0.25, -0.2) is 18.2 Å². The van der Waals surface area contributed by atoms with Gasteiger partial charge >= 0.3 is 5.97 Å². The van der Waals surface area contributed by atoms with Crippen LogP contribution in [0.5, 0.6) is 5.75 Å². The third kappa shape index (κ3) is 4.99. The van der Waals surface area contributed by atoms with Crippen molar-refractivity contribution in [3.63, 3.8) is 0 Å². The predicted molar refractivity (Wildman–Crippen MR) is 110 cm³/mol. The monoisotopic (exact) mass is 410 g/mol. The van der Waals surface area contributed by atoms with E-state index in [-0.39, 0.29) is 22.0 Å². The molecular weight excluding hydrogens is 392 g/mol. The first kappa shape index (κ1) is 20.1. The number of benzene rings is 2. The third-order valence-electron chi connectivity index (χ3n) is 4.06. The molecule has 0 aliphatic rings. The summed E-state index contributed by atoms with van der Waals surface area (Å²) in [6.07, 6.45) is 4.96. The van der Waals surface area contributed by atoms with Gasteiger partial charge in [0, 0.05) is 6.20 Å². The van der Waals surface area contributed by atoms with Crippen LogP contribution in [0.25, 0.3) is 12.2 Å². The zero-order valence-corrected chi connectivity index (χ0v) is 16.2. The van der Waals surface area contributed by atoms with E-state index >= 15 is 0 Å². The van der Waals surface area contributed by atoms with E-state index in [9.17, 15) is 18.3 Å². The molecule has 0 spiro atoms. The summed E-state index contributed by atoms with van der Waals surface area (Å²) in [5.41, 5.74) is 2.05. The van der Waals surface area contributed by atoms with E-state index in [1.54, 1.807) is 48.7 Å². The van der Waals surface area contributed by atoms with Gasteiger partial charge in [0.2, 0.25) is 0 Å². The van der Waals surface area contributed by atoms with Crippen molar-refractivity contribution >= 4 is 34.0 Å². The number of sulfonamides is 1. The lowest BCUT2D eigenvalue weighted by Crippen LogP contribution is -2.13. The smallest absolute Gasteiger partial charge is 0.339 e. The minimum atomic E-state index is -3.76. The van der Waals surface area contributed by atoms with Crippen LogP contribution in [0, 0.1) is 6.92 Å². The number of aryl methyl sites for hydroxylation is 1. The molecular formula is C21H18N2O5S. The SMILES string of the molecule is Cc1ccc(NS(=O)(=O)c2ccc(/C=C/c3ccc(O)c(C(=O)O)c3)cc2)nc1. The van der Waals surface area contributed by atoms with Crippen molar-refractivity contribution in [2.45, 2.75) is 11.8 Å². The van der Waals surface area contributed by atoms with Crippen LogP contribution in [0.1, 0.15) is 27.0 Å². The average Bonchev–Trinajstić information content (AvgIpc) is 2.69. The maximum Gasteiger partial charge on any atom is 0.339 e. The summed E-state index contributed by atoms with van der Waals surface area (Å²) in [6, 6.07) is 13.8. The first-order valence-corrected chi connectivity index (χ1v) is 10.0. The molecule has 0 fully saturated rings. The predicted octanol–water partition coefficient (Wildman–Crippen LogP) is 3.77. The summed E-state index contributed by atoms with van der Waals surface area (Å²) >= 11 is 0. The van der Waals surface area contributed by atoms with Crippen molar-refractivity contribution in [3.8, 4) is 5.75 Å². The summed E-state index contributed by atoms with van der Waals surface area (Å²) in [7, 11) is -3.76. The van der Waals surface area contributed by atoms with Gasteiger partial charge in [0.1, 0.15) is 17.1 Å². The van der Waals surface area contributed by atoms with Gasteiger partial charge in [-0.2, -0.15) is 0 Å². The number of hydrogen-bond acceptors (Lipinski definition) is 5. The Morgan fingerprint density at radius 2 is 1.66 bits per heavy atom. The number of aromatic hydroxyl groups is 1. The Morgan fingerprint density at radius 3 is 2.28 bits per heavy atom. The lowest BCUT2D eigenvalue weighted by atomic mass is 10.1. The summed E-state index contributed by atoms with van der Waals surface area (Å²) in [5.74, 6) is -1.29. The Kier molecular flexibility index (Phi) is 5.65. The number of phenols is 1. The second kappa shape index (κ2) is 8.15. The third-order valence-corrected chi connectivity index (χ3v) is 5.43. The Labute approximate surface area is 168 Å². The maximum absolute atomic E-state index is 12.5. The van der Waals surface area contributed by atoms with Crippen molar-refractivity contribution in [2.24, 2.45) is 0 Å². The van der Waals surface area contributed by atoms with Crippen LogP contribution in [0.15, 0.2) is 65.7 Å². The Bertz CT molecular complexity index is 1170. The van der Waals surface area contributed by atoms with E-state index in [0.717, 1.165) is 11.1 Å². The zero-order valence-electron chi connectivity index (χ0n) is 15.4. The lowest BCUT2D eigenvalue weighted by Gasteiger charge is -2.07. The molecule has 0 saturated heterocycles. The average molecular weight is 410 g/mol. The molecule has 1 aromatic heterocycles. The highest BCUT2D eigenvalue weighted by Gasteiger charge is 2.14. The maximum atomic E-state index is 12.5. The zero-order chi connectivity index (χ0) is 21.0. The number of hydrogen-bond donors (Lipinski definition) is 3. The standard InChI is InChI=1S/C21H18N2O5S/c1-14-2-11-20(22-13-14)23-29(27,28)17-8-5-15(6-9-17)3-4-16-7-10-19(24)18(12-16)21(25)26/h2-13,24H,1H3,(H,22,23)(H,25,26)/b4-3+. The number of nitrogens with zero attached hydrogens (tertiary/aromatic N) is 1. The fourth-order valence-corrected chi connectivity index (χ4v) is 3.51. The highest BCUT2D eigenvalue weighted by atomic mass is 32.2. The summed E-state index contributed by atoms with van der Waals surface area (Å²) in [4.78, 5) is 15.2. The molecule has 0 aliphatic heterocycles. The molecule has 0 aliphatic carbocycles. The van der Waals surface area contributed by atoms with Gasteiger partial charge in [0.05, 0.1) is 4.90 Å². The van der Waals surface area contributed by atoms with Gasteiger partial charge in [0.25, 0.3) is 10.0 Å². The number of carbonyl (C=O) groups is 1. The van der Waals surface area contributed by atoms with Crippen LogP contribution in [-0.2, 0) is 10.0 Å². The molecule has 0 saturated carbocycles. The number of anilines is 1. The van der Waals surface area contributed by atoms with Crippen molar-refractivity contribution in [1.29, 1.82) is 0 Å². The molecule has 0 unspecified atom stereocenters. The Morgan fingerprint density at radius 1 is 1.00 bits per heavy atom. The molecule has 0 radical (unpaired) electrons. The van der Waals surface area contributed by atoms with Crippen LogP contribution in [0.4, 0.5) is 5.82 Å². The van der Waals surface area contributed by atoms with Gasteiger partial charge in [-0.05, 0) is 53.9 Å². The second-order valence-corrected chi connectivity index (χ2v) is 7.99. The van der Waals surface area contributed by atoms with Crippen LogP contribution in [-0.4, -0.2) is 29.6 Å². The van der Waals surface area contributed by atoms with E-state index < -0.39 is 16.0 Å². The molecule has 7 nitrogen and oxygen atoms in total. The molecule has 0 atom stereocenters. The van der Waals surface area contributed by atoms with Gasteiger partial charge in [-0.1, -0.05) is 36.4 Å². The molecule has 3 rings (SSSR count). The van der Waals surface area contributed by atoms with E-state index in [2.05, 4.69) is 9.71 Å². The van der Waals surface area contributed by atoms with E-state index in [1.165, 1.54) is 24.3 Å². The van der Waals surface area contributed by atoms with E-state index in [4.69, 9.17) is 5.11 Å². The molecule has 8 heteroatoms. The van der Waals surface area contributed by atoms with Crippen LogP contribution >= 0.6 is 0 Å². The molecule has 3 aromatic rings. The first-order chi connectivity index (χ1) is 13.7. The Hall–Kier alpha value is -3.65. The van der Waals surface area contributed by atoms with Crippen molar-refractivity contribution in [2.75, 3.05) is 4.72 Å². The molecule has 0 amide bonds. The number of aromatic carboxylic acids is 1. The molecule has 0 bridgehead atoms. The number of carboxylic acids is 1. The van der Waals surface area contributed by atoms with Crippen molar-refractivity contribution in [3.05, 3.63) is 83.0 Å². The van der Waals surface area contributed by atoms with Crippen LogP contribution in [0.3, 0.4) is 0 Å². The van der Waals surface area contributed by atoms with Crippen molar-refractivity contribution < 1.29 is 23.4 Å². The summed E-state index contributed by atoms with van der Waals surface area (Å²) < 4.78 is 27.3. The van der Waals surface area contributed by atoms with Gasteiger partial charge < -0.3 is 10.2 Å². The van der Waals surface area contributed by atoms with E-state index in [0.29, 0.717) is 5.56 Å². The van der Waals surface area contributed by atoms with Gasteiger partial charge in [0.15, 0.2) is 0 Å². The number of rotatable bonds is 6. The number of nitrogens with one attached hydrogen (secondary N) is 1. The largest absolute Gasteiger partial charge is 0.507 e. The minimum Gasteiger partial charge on any atom is -0.507 e. The highest BCUT2D eigenvalue weighted by Crippen LogP contribution is 2.21. The van der Waals surface area contributed by atoms with Crippen LogP contribution < -0.4 is 4.72 Å².